The second-order valence-electron chi connectivity index (χ2n) is 10.9. The molecule has 3 aliphatic rings. The lowest BCUT2D eigenvalue weighted by Crippen LogP contribution is -2.46. The first-order valence-electron chi connectivity index (χ1n) is 12.2. The highest BCUT2D eigenvalue weighted by Gasteiger charge is 2.67. The van der Waals surface area contributed by atoms with Gasteiger partial charge in [0.15, 0.2) is 0 Å². The van der Waals surface area contributed by atoms with E-state index in [2.05, 4.69) is 10.3 Å². The van der Waals surface area contributed by atoms with Gasteiger partial charge in [-0.05, 0) is 58.4 Å². The Hall–Kier alpha value is -3.52. The molecule has 2 bridgehead atoms. The number of pyridine rings is 1. The molecule has 2 aromatic rings. The number of ether oxygens (including phenoxy) is 2. The Bertz CT molecular complexity index is 1250. The summed E-state index contributed by atoms with van der Waals surface area (Å²) in [5, 5.41) is 2.86. The van der Waals surface area contributed by atoms with Crippen molar-refractivity contribution in [2.24, 2.45) is 11.8 Å². The Morgan fingerprint density at radius 1 is 1.22 bits per heavy atom. The van der Waals surface area contributed by atoms with E-state index >= 15 is 0 Å². The highest BCUT2D eigenvalue weighted by atomic mass is 16.6. The Kier molecular flexibility index (Phi) is 5.75. The van der Waals surface area contributed by atoms with Crippen LogP contribution < -0.4 is 10.2 Å². The normalized spacial score (nSPS) is 27.2. The number of nitrogens with one attached hydrogen (secondary N) is 1. The van der Waals surface area contributed by atoms with Crippen molar-refractivity contribution in [3.63, 3.8) is 0 Å². The maximum Gasteiger partial charge on any atom is 0.314 e. The number of carbonyl (C=O) groups is 3. The first-order valence-corrected chi connectivity index (χ1v) is 12.2. The van der Waals surface area contributed by atoms with Gasteiger partial charge in [-0.25, -0.2) is 0 Å². The molecular weight excluding hydrogens is 458 g/mol. The maximum absolute atomic E-state index is 13.7. The van der Waals surface area contributed by atoms with Crippen LogP contribution in [0.15, 0.2) is 54.7 Å². The topological polar surface area (TPSA) is 97.8 Å². The van der Waals surface area contributed by atoms with Crippen LogP contribution in [0.25, 0.3) is 0 Å². The van der Waals surface area contributed by atoms with Crippen molar-refractivity contribution >= 4 is 23.5 Å². The molecule has 0 saturated carbocycles. The van der Waals surface area contributed by atoms with Crippen LogP contribution in [-0.2, 0) is 23.9 Å². The minimum Gasteiger partial charge on any atom is -0.445 e. The Balaban J connectivity index is 1.43. The van der Waals surface area contributed by atoms with E-state index in [9.17, 15) is 14.4 Å². The minimum atomic E-state index is -1.25. The van der Waals surface area contributed by atoms with Crippen molar-refractivity contribution < 1.29 is 23.9 Å². The van der Waals surface area contributed by atoms with Crippen LogP contribution in [0.3, 0.4) is 0 Å². The molecule has 8 nitrogen and oxygen atoms in total. The molecule has 2 saturated heterocycles. The summed E-state index contributed by atoms with van der Waals surface area (Å²) in [4.78, 5) is 46.4. The van der Waals surface area contributed by atoms with Crippen molar-refractivity contribution in [3.8, 4) is 0 Å². The van der Waals surface area contributed by atoms with Gasteiger partial charge in [-0.3, -0.25) is 19.4 Å². The molecule has 188 valence electrons. The summed E-state index contributed by atoms with van der Waals surface area (Å²) < 4.78 is 12.1. The third kappa shape index (κ3) is 4.09. The van der Waals surface area contributed by atoms with Gasteiger partial charge in [0, 0.05) is 17.4 Å². The van der Waals surface area contributed by atoms with Crippen LogP contribution >= 0.6 is 0 Å². The van der Waals surface area contributed by atoms with Crippen LogP contribution in [0.1, 0.15) is 43.7 Å². The molecule has 5 rings (SSSR count). The molecule has 0 unspecified atom stereocenters. The molecule has 0 radical (unpaired) electrons. The average molecular weight is 490 g/mol. The van der Waals surface area contributed by atoms with E-state index in [4.69, 9.17) is 9.47 Å². The number of nitrogens with zero attached hydrogens (tertiary/aromatic N) is 2. The Morgan fingerprint density at radius 3 is 2.67 bits per heavy atom. The fraction of sp³-hybridized carbons (Fsp3) is 0.429. The van der Waals surface area contributed by atoms with Gasteiger partial charge in [0.1, 0.15) is 11.5 Å². The Labute approximate surface area is 210 Å². The first kappa shape index (κ1) is 24.2. The fourth-order valence-corrected chi connectivity index (χ4v) is 5.49. The summed E-state index contributed by atoms with van der Waals surface area (Å²) in [6, 6.07) is 11.0. The lowest BCUT2D eigenvalue weighted by atomic mass is 9.77. The van der Waals surface area contributed by atoms with Gasteiger partial charge in [-0.15, -0.1) is 0 Å². The fourth-order valence-electron chi connectivity index (χ4n) is 5.49. The molecule has 36 heavy (non-hydrogen) atoms. The molecule has 2 fully saturated rings. The van der Waals surface area contributed by atoms with E-state index in [0.717, 1.165) is 16.8 Å². The number of carbonyl (C=O) groups excluding carboxylic acids is 3. The Morgan fingerprint density at radius 2 is 2.00 bits per heavy atom. The molecular formula is C28H31N3O5. The van der Waals surface area contributed by atoms with Crippen LogP contribution in [0.5, 0.6) is 0 Å². The van der Waals surface area contributed by atoms with Crippen LogP contribution in [0, 0.1) is 25.7 Å². The largest absolute Gasteiger partial charge is 0.445 e. The molecule has 1 spiro atoms. The van der Waals surface area contributed by atoms with Gasteiger partial charge < -0.3 is 19.7 Å². The van der Waals surface area contributed by atoms with Crippen molar-refractivity contribution in [3.05, 3.63) is 71.6 Å². The lowest BCUT2D eigenvalue weighted by molar-refractivity contribution is -0.163. The van der Waals surface area contributed by atoms with E-state index < -0.39 is 47.1 Å². The zero-order valence-electron chi connectivity index (χ0n) is 21.1. The second kappa shape index (κ2) is 8.55. The monoisotopic (exact) mass is 489 g/mol. The number of rotatable bonds is 5. The predicted octanol–water partition coefficient (Wildman–Crippen LogP) is 3.18. The van der Waals surface area contributed by atoms with Crippen molar-refractivity contribution in [1.82, 2.24) is 10.3 Å². The van der Waals surface area contributed by atoms with E-state index in [-0.39, 0.29) is 5.91 Å². The quantitative estimate of drug-likeness (QED) is 0.512. The number of anilines is 1. The molecule has 2 amide bonds. The number of aryl methyl sites for hydroxylation is 2. The average Bonchev–Trinajstić information content (AvgIpc) is 3.45. The van der Waals surface area contributed by atoms with Crippen LogP contribution in [-0.4, -0.2) is 46.6 Å². The number of fused-ring (bicyclic) bond motifs is 1. The van der Waals surface area contributed by atoms with Gasteiger partial charge in [-0.1, -0.05) is 35.9 Å². The molecule has 4 heterocycles. The molecule has 1 aromatic heterocycles. The number of benzene rings is 1. The van der Waals surface area contributed by atoms with Gasteiger partial charge >= 0.3 is 5.97 Å². The standard InChI is InChI=1S/C28H31N3O5/c1-16-9-10-19(17(2)14-16)31-15-28-12-11-20(36-28)21(22(28)25(31)33)26(34)35-23(18-8-6-7-13-29-18)24(32)30-27(3,4)5/h6-14,20-23H,15H2,1-5H3,(H,30,32)/t20-,21+,22-,23-,28-/m1/s1. The summed E-state index contributed by atoms with van der Waals surface area (Å²) in [7, 11) is 0. The highest BCUT2D eigenvalue weighted by Crippen LogP contribution is 2.53. The summed E-state index contributed by atoms with van der Waals surface area (Å²) >= 11 is 0. The number of esters is 1. The summed E-state index contributed by atoms with van der Waals surface area (Å²) in [6.07, 6.45) is 3.44. The first-order chi connectivity index (χ1) is 17.0. The number of aromatic nitrogens is 1. The predicted molar refractivity (Wildman–Crippen MR) is 133 cm³/mol. The molecule has 5 atom stereocenters. The zero-order chi connectivity index (χ0) is 25.8. The molecule has 3 aliphatic heterocycles. The summed E-state index contributed by atoms with van der Waals surface area (Å²) in [5.41, 5.74) is 1.78. The SMILES string of the molecule is Cc1ccc(N2C[C@@]34C=C[C@@H](O3)[C@H](C(=O)O[C@@H](C(=O)NC(C)(C)C)c3ccccn3)[C@@H]4C2=O)c(C)c1. The van der Waals surface area contributed by atoms with Gasteiger partial charge in [0.2, 0.25) is 12.0 Å². The minimum absolute atomic E-state index is 0.177. The molecule has 1 aromatic carbocycles. The van der Waals surface area contributed by atoms with E-state index in [0.29, 0.717) is 12.2 Å². The van der Waals surface area contributed by atoms with Gasteiger partial charge in [0.25, 0.3) is 5.91 Å². The van der Waals surface area contributed by atoms with Gasteiger partial charge in [0.05, 0.1) is 24.3 Å². The second-order valence-corrected chi connectivity index (χ2v) is 10.9. The number of hydrogen-bond acceptors (Lipinski definition) is 6. The number of amides is 2. The van der Waals surface area contributed by atoms with Crippen molar-refractivity contribution in [2.45, 2.75) is 58.0 Å². The molecule has 1 N–H and O–H groups in total. The third-order valence-electron chi connectivity index (χ3n) is 6.94. The number of hydrogen-bond donors (Lipinski definition) is 1. The van der Waals surface area contributed by atoms with E-state index in [1.807, 2.05) is 65.0 Å². The zero-order valence-corrected chi connectivity index (χ0v) is 21.1. The van der Waals surface area contributed by atoms with Crippen molar-refractivity contribution in [1.29, 1.82) is 0 Å². The van der Waals surface area contributed by atoms with Crippen LogP contribution in [0.2, 0.25) is 0 Å². The van der Waals surface area contributed by atoms with E-state index in [1.165, 1.54) is 0 Å². The molecule has 0 aliphatic carbocycles. The third-order valence-corrected chi connectivity index (χ3v) is 6.94. The van der Waals surface area contributed by atoms with Gasteiger partial charge in [-0.2, -0.15) is 0 Å². The maximum atomic E-state index is 13.7. The highest BCUT2D eigenvalue weighted by molar-refractivity contribution is 6.03. The lowest BCUT2D eigenvalue weighted by Gasteiger charge is -2.27. The van der Waals surface area contributed by atoms with E-state index in [1.54, 1.807) is 29.3 Å². The summed E-state index contributed by atoms with van der Waals surface area (Å²) in [5.74, 6) is -2.88. The van der Waals surface area contributed by atoms with Crippen molar-refractivity contribution in [2.75, 3.05) is 11.4 Å². The smallest absolute Gasteiger partial charge is 0.314 e. The van der Waals surface area contributed by atoms with Crippen LogP contribution in [0.4, 0.5) is 5.69 Å². The summed E-state index contributed by atoms with van der Waals surface area (Å²) in [6.45, 7) is 9.83. The molecule has 8 heteroatoms.